The van der Waals surface area contributed by atoms with Crippen LogP contribution in [-0.2, 0) is 0 Å². The number of nitrogens with zero attached hydrogens (tertiary/aromatic N) is 3. The van der Waals surface area contributed by atoms with Crippen LogP contribution in [0.5, 0.6) is 0 Å². The molecule has 0 atom stereocenters. The molecule has 1 aliphatic rings. The third kappa shape index (κ3) is 4.68. The zero-order chi connectivity index (χ0) is 17.6. The van der Waals surface area contributed by atoms with Crippen LogP contribution in [0.4, 0.5) is 22.1 Å². The molecule has 3 rings (SSSR count). The van der Waals surface area contributed by atoms with Gasteiger partial charge in [0.1, 0.15) is 18.0 Å². The maximum absolute atomic E-state index is 12.2. The second-order valence-corrected chi connectivity index (χ2v) is 6.66. The molecule has 0 aliphatic carbocycles. The summed E-state index contributed by atoms with van der Waals surface area (Å²) in [6.07, 6.45) is 5.13. The summed E-state index contributed by atoms with van der Waals surface area (Å²) in [4.78, 5) is 22.9. The molecule has 0 unspecified atom stereocenters. The van der Waals surface area contributed by atoms with Crippen LogP contribution in [0.15, 0.2) is 36.7 Å². The van der Waals surface area contributed by atoms with E-state index in [1.165, 1.54) is 31.2 Å². The summed E-state index contributed by atoms with van der Waals surface area (Å²) in [5.41, 5.74) is 2.00. The average Bonchev–Trinajstić information content (AvgIpc) is 2.63. The van der Waals surface area contributed by atoms with Crippen molar-refractivity contribution < 1.29 is 4.79 Å². The van der Waals surface area contributed by atoms with E-state index in [-0.39, 0.29) is 6.03 Å². The van der Waals surface area contributed by atoms with Gasteiger partial charge in [0.05, 0.1) is 0 Å². The molecule has 25 heavy (non-hydrogen) atoms. The van der Waals surface area contributed by atoms with Gasteiger partial charge in [0.15, 0.2) is 0 Å². The highest BCUT2D eigenvalue weighted by atomic mass is 16.2. The molecular weight excluding hydrogens is 314 g/mol. The molecular formula is C19H25N5O. The smallest absolute Gasteiger partial charge is 0.324 e. The standard InChI is InChI=1S/C19H25N5O/c1-14(2)15-6-8-16(9-7-15)22-19(25)23-17-12-18(21-13-20-17)24-10-4-3-5-11-24/h6-9,12-14H,3-5,10-11H2,1-2H3,(H2,20,21,22,23,25). The van der Waals surface area contributed by atoms with E-state index in [9.17, 15) is 4.79 Å². The van der Waals surface area contributed by atoms with Gasteiger partial charge in [-0.05, 0) is 42.9 Å². The fraction of sp³-hybridized carbons (Fsp3) is 0.421. The van der Waals surface area contributed by atoms with Crippen molar-refractivity contribution in [2.75, 3.05) is 28.6 Å². The summed E-state index contributed by atoms with van der Waals surface area (Å²) >= 11 is 0. The number of piperidine rings is 1. The Morgan fingerprint density at radius 2 is 1.76 bits per heavy atom. The van der Waals surface area contributed by atoms with Gasteiger partial charge in [-0.3, -0.25) is 5.32 Å². The third-order valence-corrected chi connectivity index (χ3v) is 4.41. The van der Waals surface area contributed by atoms with Gasteiger partial charge in [0, 0.05) is 24.8 Å². The lowest BCUT2D eigenvalue weighted by molar-refractivity contribution is 0.262. The Hall–Kier alpha value is -2.63. The van der Waals surface area contributed by atoms with Gasteiger partial charge >= 0.3 is 6.03 Å². The van der Waals surface area contributed by atoms with E-state index < -0.39 is 0 Å². The quantitative estimate of drug-likeness (QED) is 0.874. The van der Waals surface area contributed by atoms with Gasteiger partial charge in [-0.2, -0.15) is 0 Å². The molecule has 1 fully saturated rings. The topological polar surface area (TPSA) is 70.2 Å². The second-order valence-electron chi connectivity index (χ2n) is 6.66. The first-order valence-corrected chi connectivity index (χ1v) is 8.87. The van der Waals surface area contributed by atoms with Crippen molar-refractivity contribution in [3.05, 3.63) is 42.2 Å². The number of benzene rings is 1. The van der Waals surface area contributed by atoms with E-state index in [0.29, 0.717) is 11.7 Å². The summed E-state index contributed by atoms with van der Waals surface area (Å²) in [6, 6.07) is 9.40. The predicted octanol–water partition coefficient (Wildman–Crippen LogP) is 4.23. The Labute approximate surface area is 148 Å². The molecule has 6 nitrogen and oxygen atoms in total. The summed E-state index contributed by atoms with van der Waals surface area (Å²) in [7, 11) is 0. The molecule has 2 heterocycles. The summed E-state index contributed by atoms with van der Waals surface area (Å²) in [6.45, 7) is 6.30. The SMILES string of the molecule is CC(C)c1ccc(NC(=O)Nc2cc(N3CCCCC3)ncn2)cc1. The molecule has 0 bridgehead atoms. The van der Waals surface area contributed by atoms with Crippen molar-refractivity contribution in [3.63, 3.8) is 0 Å². The Balaban J connectivity index is 1.60. The minimum absolute atomic E-state index is 0.305. The van der Waals surface area contributed by atoms with Crippen LogP contribution >= 0.6 is 0 Å². The van der Waals surface area contributed by atoms with Gasteiger partial charge in [-0.1, -0.05) is 26.0 Å². The van der Waals surface area contributed by atoms with Gasteiger partial charge in [0.2, 0.25) is 0 Å². The van der Waals surface area contributed by atoms with E-state index in [1.54, 1.807) is 0 Å². The number of hydrogen-bond acceptors (Lipinski definition) is 4. The van der Waals surface area contributed by atoms with Gasteiger partial charge in [0.25, 0.3) is 0 Å². The van der Waals surface area contributed by atoms with Crippen LogP contribution in [0, 0.1) is 0 Å². The van der Waals surface area contributed by atoms with E-state index >= 15 is 0 Å². The van der Waals surface area contributed by atoms with E-state index in [2.05, 4.69) is 39.3 Å². The van der Waals surface area contributed by atoms with Crippen molar-refractivity contribution in [2.24, 2.45) is 0 Å². The summed E-state index contributed by atoms with van der Waals surface area (Å²) in [5.74, 6) is 1.84. The maximum Gasteiger partial charge on any atom is 0.324 e. The average molecular weight is 339 g/mol. The number of aromatic nitrogens is 2. The van der Waals surface area contributed by atoms with Crippen LogP contribution in [0.1, 0.15) is 44.6 Å². The van der Waals surface area contributed by atoms with Crippen molar-refractivity contribution in [1.29, 1.82) is 0 Å². The fourth-order valence-corrected chi connectivity index (χ4v) is 2.94. The van der Waals surface area contributed by atoms with Crippen LogP contribution in [0.2, 0.25) is 0 Å². The maximum atomic E-state index is 12.2. The molecule has 6 heteroatoms. The second kappa shape index (κ2) is 7.96. The molecule has 0 saturated carbocycles. The fourth-order valence-electron chi connectivity index (χ4n) is 2.94. The predicted molar refractivity (Wildman–Crippen MR) is 101 cm³/mol. The number of anilines is 3. The van der Waals surface area contributed by atoms with Crippen LogP contribution in [0.25, 0.3) is 0 Å². The number of carbonyl (C=O) groups is 1. The Morgan fingerprint density at radius 1 is 1.04 bits per heavy atom. The molecule has 2 N–H and O–H groups in total. The number of nitrogens with one attached hydrogen (secondary N) is 2. The van der Waals surface area contributed by atoms with Crippen LogP contribution < -0.4 is 15.5 Å². The Kier molecular flexibility index (Phi) is 5.48. The Morgan fingerprint density at radius 3 is 2.44 bits per heavy atom. The monoisotopic (exact) mass is 339 g/mol. The summed E-state index contributed by atoms with van der Waals surface area (Å²) < 4.78 is 0. The lowest BCUT2D eigenvalue weighted by atomic mass is 10.0. The zero-order valence-electron chi connectivity index (χ0n) is 14.8. The van der Waals surface area contributed by atoms with Crippen molar-refractivity contribution >= 4 is 23.4 Å². The first kappa shape index (κ1) is 17.2. The first-order chi connectivity index (χ1) is 12.1. The molecule has 0 radical (unpaired) electrons. The van der Waals surface area contributed by atoms with E-state index in [1.807, 2.05) is 30.3 Å². The van der Waals surface area contributed by atoms with E-state index in [4.69, 9.17) is 0 Å². The van der Waals surface area contributed by atoms with Gasteiger partial charge in [-0.15, -0.1) is 0 Å². The molecule has 1 aliphatic heterocycles. The normalized spacial score (nSPS) is 14.4. The summed E-state index contributed by atoms with van der Waals surface area (Å²) in [5, 5.41) is 5.61. The number of carbonyl (C=O) groups excluding carboxylic acids is 1. The minimum Gasteiger partial charge on any atom is -0.356 e. The lowest BCUT2D eigenvalue weighted by Gasteiger charge is -2.27. The molecule has 0 spiro atoms. The molecule has 1 aromatic carbocycles. The van der Waals surface area contributed by atoms with Crippen molar-refractivity contribution in [2.45, 2.75) is 39.0 Å². The number of rotatable bonds is 4. The molecule has 1 saturated heterocycles. The highest BCUT2D eigenvalue weighted by molar-refractivity contribution is 5.99. The van der Waals surface area contributed by atoms with Gasteiger partial charge < -0.3 is 10.2 Å². The molecule has 2 aromatic rings. The van der Waals surface area contributed by atoms with Gasteiger partial charge in [-0.25, -0.2) is 14.8 Å². The minimum atomic E-state index is -0.305. The number of hydrogen-bond donors (Lipinski definition) is 2. The highest BCUT2D eigenvalue weighted by Crippen LogP contribution is 2.20. The Bertz CT molecular complexity index is 708. The van der Waals surface area contributed by atoms with Crippen molar-refractivity contribution in [1.82, 2.24) is 9.97 Å². The molecule has 1 aromatic heterocycles. The van der Waals surface area contributed by atoms with Crippen LogP contribution in [0.3, 0.4) is 0 Å². The number of urea groups is 1. The largest absolute Gasteiger partial charge is 0.356 e. The first-order valence-electron chi connectivity index (χ1n) is 8.87. The molecule has 132 valence electrons. The third-order valence-electron chi connectivity index (χ3n) is 4.41. The number of amides is 2. The zero-order valence-corrected chi connectivity index (χ0v) is 14.8. The van der Waals surface area contributed by atoms with E-state index in [0.717, 1.165) is 24.6 Å². The van der Waals surface area contributed by atoms with Crippen molar-refractivity contribution in [3.8, 4) is 0 Å². The molecule has 2 amide bonds. The lowest BCUT2D eigenvalue weighted by Crippen LogP contribution is -2.30. The highest BCUT2D eigenvalue weighted by Gasteiger charge is 2.13. The van der Waals surface area contributed by atoms with Crippen LogP contribution in [-0.4, -0.2) is 29.1 Å².